The SMILES string of the molecule is CC(=O)c1cccc(NC(=O)[C@H](C)Sc2nnc(-c3cccnc3)n2C2CC2)c1. The fourth-order valence-electron chi connectivity index (χ4n) is 2.98. The van der Waals surface area contributed by atoms with Gasteiger partial charge >= 0.3 is 0 Å². The van der Waals surface area contributed by atoms with Crippen molar-refractivity contribution < 1.29 is 9.59 Å². The third kappa shape index (κ3) is 4.37. The minimum Gasteiger partial charge on any atom is -0.325 e. The Hall–Kier alpha value is -3.00. The van der Waals surface area contributed by atoms with Crippen LogP contribution in [0.3, 0.4) is 0 Å². The van der Waals surface area contributed by atoms with Gasteiger partial charge in [-0.1, -0.05) is 23.9 Å². The van der Waals surface area contributed by atoms with Crippen LogP contribution in [-0.4, -0.2) is 36.7 Å². The highest BCUT2D eigenvalue weighted by Crippen LogP contribution is 2.41. The average molecular weight is 407 g/mol. The lowest BCUT2D eigenvalue weighted by Crippen LogP contribution is -2.23. The maximum absolute atomic E-state index is 12.7. The van der Waals surface area contributed by atoms with E-state index in [0.717, 1.165) is 29.4 Å². The standard InChI is InChI=1S/C21H21N5O2S/c1-13(27)15-5-3-7-17(11-15)23-20(28)14(2)29-21-25-24-19(26(21)18-8-9-18)16-6-4-10-22-12-16/h3-7,10-12,14,18H,8-9H2,1-2H3,(H,23,28)/t14-/m0/s1. The summed E-state index contributed by atoms with van der Waals surface area (Å²) in [6.45, 7) is 3.34. The van der Waals surface area contributed by atoms with Crippen LogP contribution in [0.5, 0.6) is 0 Å². The van der Waals surface area contributed by atoms with E-state index in [-0.39, 0.29) is 16.9 Å². The molecule has 1 saturated carbocycles. The van der Waals surface area contributed by atoms with Crippen LogP contribution in [0.4, 0.5) is 5.69 Å². The zero-order chi connectivity index (χ0) is 20.4. The molecule has 1 aromatic carbocycles. The van der Waals surface area contributed by atoms with Crippen LogP contribution in [0.15, 0.2) is 53.9 Å². The molecule has 1 N–H and O–H groups in total. The number of benzene rings is 1. The van der Waals surface area contributed by atoms with Gasteiger partial charge in [0, 0.05) is 35.2 Å². The Morgan fingerprint density at radius 3 is 2.72 bits per heavy atom. The molecule has 8 heteroatoms. The minimum atomic E-state index is -0.376. The molecule has 1 aliphatic rings. The molecule has 148 valence electrons. The van der Waals surface area contributed by atoms with Gasteiger partial charge in [0.15, 0.2) is 16.8 Å². The summed E-state index contributed by atoms with van der Waals surface area (Å²) in [6, 6.07) is 11.1. The highest BCUT2D eigenvalue weighted by molar-refractivity contribution is 8.00. The molecule has 29 heavy (non-hydrogen) atoms. The van der Waals surface area contributed by atoms with Gasteiger partial charge in [0.2, 0.25) is 5.91 Å². The first-order valence-corrected chi connectivity index (χ1v) is 10.3. The van der Waals surface area contributed by atoms with Crippen LogP contribution >= 0.6 is 11.8 Å². The summed E-state index contributed by atoms with van der Waals surface area (Å²) >= 11 is 1.38. The molecule has 1 fully saturated rings. The molecule has 2 heterocycles. The zero-order valence-electron chi connectivity index (χ0n) is 16.2. The summed E-state index contributed by atoms with van der Waals surface area (Å²) in [7, 11) is 0. The quantitative estimate of drug-likeness (QED) is 0.470. The van der Waals surface area contributed by atoms with E-state index in [1.807, 2.05) is 19.1 Å². The predicted molar refractivity (Wildman–Crippen MR) is 112 cm³/mol. The molecule has 1 atom stereocenters. The lowest BCUT2D eigenvalue weighted by atomic mass is 10.1. The summed E-state index contributed by atoms with van der Waals surface area (Å²) < 4.78 is 2.11. The fourth-order valence-corrected chi connectivity index (χ4v) is 3.90. The number of carbonyl (C=O) groups excluding carboxylic acids is 2. The van der Waals surface area contributed by atoms with E-state index in [1.165, 1.54) is 18.7 Å². The van der Waals surface area contributed by atoms with E-state index in [2.05, 4.69) is 25.1 Å². The number of ketones is 1. The second-order valence-corrected chi connectivity index (χ2v) is 8.34. The number of aromatic nitrogens is 4. The number of Topliss-reactive ketones (excluding diaryl/α,β-unsaturated/α-hetero) is 1. The van der Waals surface area contributed by atoms with Crippen molar-refractivity contribution in [2.45, 2.75) is 43.1 Å². The van der Waals surface area contributed by atoms with Crippen LogP contribution in [-0.2, 0) is 4.79 Å². The Labute approximate surface area is 173 Å². The molecule has 4 rings (SSSR count). The highest BCUT2D eigenvalue weighted by Gasteiger charge is 2.31. The number of rotatable bonds is 7. The summed E-state index contributed by atoms with van der Waals surface area (Å²) in [5.41, 5.74) is 2.09. The van der Waals surface area contributed by atoms with Crippen LogP contribution in [0.25, 0.3) is 11.4 Å². The van der Waals surface area contributed by atoms with E-state index in [1.54, 1.807) is 36.7 Å². The van der Waals surface area contributed by atoms with E-state index < -0.39 is 0 Å². The third-order valence-corrected chi connectivity index (χ3v) is 5.74. The Balaban J connectivity index is 1.50. The highest BCUT2D eigenvalue weighted by atomic mass is 32.2. The molecule has 0 spiro atoms. The molecule has 0 radical (unpaired) electrons. The Kier molecular flexibility index (Phi) is 5.44. The maximum atomic E-state index is 12.7. The number of pyridine rings is 1. The van der Waals surface area contributed by atoms with Gasteiger partial charge in [-0.25, -0.2) is 0 Å². The first-order valence-electron chi connectivity index (χ1n) is 9.47. The molecule has 0 unspecified atom stereocenters. The normalized spacial score (nSPS) is 14.4. The Morgan fingerprint density at radius 1 is 1.21 bits per heavy atom. The van der Waals surface area contributed by atoms with Crippen LogP contribution in [0, 0.1) is 0 Å². The van der Waals surface area contributed by atoms with Crippen molar-refractivity contribution in [3.05, 3.63) is 54.4 Å². The van der Waals surface area contributed by atoms with Gasteiger partial charge in [-0.3, -0.25) is 19.1 Å². The Bertz CT molecular complexity index is 1050. The molecule has 3 aromatic rings. The van der Waals surface area contributed by atoms with Crippen molar-refractivity contribution in [2.24, 2.45) is 0 Å². The van der Waals surface area contributed by atoms with E-state index in [0.29, 0.717) is 17.3 Å². The first-order chi connectivity index (χ1) is 14.0. The number of thioether (sulfide) groups is 1. The molecule has 2 aromatic heterocycles. The van der Waals surface area contributed by atoms with Crippen molar-refractivity contribution in [1.82, 2.24) is 19.7 Å². The molecule has 0 saturated heterocycles. The number of hydrogen-bond acceptors (Lipinski definition) is 6. The molecule has 1 amide bonds. The predicted octanol–water partition coefficient (Wildman–Crippen LogP) is 4.00. The zero-order valence-corrected chi connectivity index (χ0v) is 17.0. The first kappa shape index (κ1) is 19.3. The summed E-state index contributed by atoms with van der Waals surface area (Å²) in [5, 5.41) is 11.9. The van der Waals surface area contributed by atoms with Crippen LogP contribution < -0.4 is 5.32 Å². The second kappa shape index (κ2) is 8.16. The van der Waals surface area contributed by atoms with Crippen LogP contribution in [0.2, 0.25) is 0 Å². The van der Waals surface area contributed by atoms with Crippen LogP contribution in [0.1, 0.15) is 43.1 Å². The van der Waals surface area contributed by atoms with Crippen molar-refractivity contribution in [1.29, 1.82) is 0 Å². The van der Waals surface area contributed by atoms with Crippen molar-refractivity contribution in [3.63, 3.8) is 0 Å². The molecular weight excluding hydrogens is 386 g/mol. The number of hydrogen-bond donors (Lipinski definition) is 1. The number of anilines is 1. The minimum absolute atomic E-state index is 0.0380. The fraction of sp³-hybridized carbons (Fsp3) is 0.286. The number of carbonyl (C=O) groups is 2. The maximum Gasteiger partial charge on any atom is 0.237 e. The number of nitrogens with zero attached hydrogens (tertiary/aromatic N) is 4. The second-order valence-electron chi connectivity index (χ2n) is 7.04. The molecule has 0 aliphatic heterocycles. The van der Waals surface area contributed by atoms with Gasteiger partial charge in [0.25, 0.3) is 0 Å². The topological polar surface area (TPSA) is 89.8 Å². The van der Waals surface area contributed by atoms with Crippen molar-refractivity contribution in [2.75, 3.05) is 5.32 Å². The smallest absolute Gasteiger partial charge is 0.237 e. The van der Waals surface area contributed by atoms with Gasteiger partial charge in [-0.2, -0.15) is 0 Å². The summed E-state index contributed by atoms with van der Waals surface area (Å²) in [5.74, 6) is 0.595. The lowest BCUT2D eigenvalue weighted by molar-refractivity contribution is -0.115. The van der Waals surface area contributed by atoms with Gasteiger partial charge < -0.3 is 5.32 Å². The summed E-state index contributed by atoms with van der Waals surface area (Å²) in [4.78, 5) is 28.4. The van der Waals surface area contributed by atoms with Crippen molar-refractivity contribution in [3.8, 4) is 11.4 Å². The molecule has 1 aliphatic carbocycles. The largest absolute Gasteiger partial charge is 0.325 e. The van der Waals surface area contributed by atoms with Gasteiger partial charge in [-0.15, -0.1) is 10.2 Å². The van der Waals surface area contributed by atoms with Crippen molar-refractivity contribution >= 4 is 29.1 Å². The lowest BCUT2D eigenvalue weighted by Gasteiger charge is -2.13. The monoisotopic (exact) mass is 407 g/mol. The average Bonchev–Trinajstić information content (AvgIpc) is 3.48. The number of nitrogens with one attached hydrogen (secondary N) is 1. The Morgan fingerprint density at radius 2 is 2.03 bits per heavy atom. The van der Waals surface area contributed by atoms with Gasteiger partial charge in [-0.05, 0) is 51.0 Å². The van der Waals surface area contributed by atoms with Gasteiger partial charge in [0.05, 0.1) is 5.25 Å². The summed E-state index contributed by atoms with van der Waals surface area (Å²) in [6.07, 6.45) is 5.66. The van der Waals surface area contributed by atoms with E-state index >= 15 is 0 Å². The molecular formula is C21H21N5O2S. The van der Waals surface area contributed by atoms with E-state index in [9.17, 15) is 9.59 Å². The molecule has 0 bridgehead atoms. The number of amides is 1. The van der Waals surface area contributed by atoms with E-state index in [4.69, 9.17) is 0 Å². The third-order valence-electron chi connectivity index (χ3n) is 4.68. The van der Waals surface area contributed by atoms with Gasteiger partial charge in [0.1, 0.15) is 0 Å². The molecule has 7 nitrogen and oxygen atoms in total.